The summed E-state index contributed by atoms with van der Waals surface area (Å²) < 4.78 is 0. The van der Waals surface area contributed by atoms with Crippen LogP contribution in [0.15, 0.2) is 0 Å². The van der Waals surface area contributed by atoms with E-state index in [4.69, 9.17) is 5.11 Å². The molecule has 2 rings (SSSR count). The van der Waals surface area contributed by atoms with E-state index in [1.165, 1.54) is 19.5 Å². The molecule has 3 nitrogen and oxygen atoms in total. The van der Waals surface area contributed by atoms with Gasteiger partial charge in [-0.25, -0.2) is 0 Å². The van der Waals surface area contributed by atoms with Crippen molar-refractivity contribution in [3.63, 3.8) is 0 Å². The van der Waals surface area contributed by atoms with E-state index >= 15 is 0 Å². The van der Waals surface area contributed by atoms with Gasteiger partial charge in [0, 0.05) is 37.8 Å². The molecule has 13 heavy (non-hydrogen) atoms. The summed E-state index contributed by atoms with van der Waals surface area (Å²) in [6.45, 7) is 8.11. The third-order valence-corrected chi connectivity index (χ3v) is 3.45. The minimum absolute atomic E-state index is 0.310. The highest BCUT2D eigenvalue weighted by Gasteiger charge is 2.43. The SMILES string of the molecule is CC(C)N1CC2CC1CN2CCO. The molecule has 0 aromatic carbocycles. The number of piperazine rings is 1. The fourth-order valence-electron chi connectivity index (χ4n) is 2.81. The highest BCUT2D eigenvalue weighted by atomic mass is 16.3. The number of hydrogen-bond acceptors (Lipinski definition) is 3. The Hall–Kier alpha value is -0.120. The van der Waals surface area contributed by atoms with Gasteiger partial charge in [0.2, 0.25) is 0 Å². The Labute approximate surface area is 80.3 Å². The van der Waals surface area contributed by atoms with Gasteiger partial charge in [-0.3, -0.25) is 9.80 Å². The first-order valence-corrected chi connectivity index (χ1v) is 5.33. The average Bonchev–Trinajstić information content (AvgIpc) is 2.62. The zero-order chi connectivity index (χ0) is 9.42. The zero-order valence-corrected chi connectivity index (χ0v) is 8.61. The van der Waals surface area contributed by atoms with Crippen LogP contribution < -0.4 is 0 Å². The standard InChI is InChI=1S/C10H20N2O/c1-8(2)12-7-9-5-10(12)6-11(9)3-4-13/h8-10,13H,3-7H2,1-2H3. The van der Waals surface area contributed by atoms with Crippen LogP contribution in [0.3, 0.4) is 0 Å². The van der Waals surface area contributed by atoms with E-state index in [9.17, 15) is 0 Å². The molecular weight excluding hydrogens is 164 g/mol. The van der Waals surface area contributed by atoms with Crippen LogP contribution in [0, 0.1) is 0 Å². The number of aliphatic hydroxyl groups is 1. The highest BCUT2D eigenvalue weighted by Crippen LogP contribution is 2.31. The molecule has 2 atom stereocenters. The van der Waals surface area contributed by atoms with Gasteiger partial charge in [0.1, 0.15) is 0 Å². The molecule has 1 N–H and O–H groups in total. The molecule has 2 fully saturated rings. The second kappa shape index (κ2) is 3.56. The van der Waals surface area contributed by atoms with Crippen molar-refractivity contribution in [2.24, 2.45) is 0 Å². The molecule has 0 saturated carbocycles. The molecule has 0 spiro atoms. The van der Waals surface area contributed by atoms with Crippen molar-refractivity contribution in [2.45, 2.75) is 38.4 Å². The van der Waals surface area contributed by atoms with Crippen LogP contribution in [0.4, 0.5) is 0 Å². The van der Waals surface area contributed by atoms with E-state index < -0.39 is 0 Å². The van der Waals surface area contributed by atoms with Gasteiger partial charge >= 0.3 is 0 Å². The molecule has 0 amide bonds. The van der Waals surface area contributed by atoms with Crippen LogP contribution in [0.2, 0.25) is 0 Å². The van der Waals surface area contributed by atoms with Gasteiger partial charge < -0.3 is 5.11 Å². The van der Waals surface area contributed by atoms with Crippen LogP contribution >= 0.6 is 0 Å². The lowest BCUT2D eigenvalue weighted by molar-refractivity contribution is 0.0904. The molecule has 3 heteroatoms. The van der Waals surface area contributed by atoms with E-state index in [0.29, 0.717) is 12.6 Å². The minimum atomic E-state index is 0.310. The number of aliphatic hydroxyl groups excluding tert-OH is 1. The fourth-order valence-corrected chi connectivity index (χ4v) is 2.81. The van der Waals surface area contributed by atoms with Gasteiger partial charge in [-0.15, -0.1) is 0 Å². The average molecular weight is 184 g/mol. The van der Waals surface area contributed by atoms with Crippen LogP contribution in [0.5, 0.6) is 0 Å². The van der Waals surface area contributed by atoms with E-state index in [2.05, 4.69) is 23.6 Å². The van der Waals surface area contributed by atoms with Crippen molar-refractivity contribution in [3.05, 3.63) is 0 Å². The van der Waals surface area contributed by atoms with Gasteiger partial charge in [0.25, 0.3) is 0 Å². The number of nitrogens with zero attached hydrogens (tertiary/aromatic N) is 2. The molecule has 76 valence electrons. The Morgan fingerprint density at radius 2 is 2.08 bits per heavy atom. The van der Waals surface area contributed by atoms with E-state index in [1.54, 1.807) is 0 Å². The summed E-state index contributed by atoms with van der Waals surface area (Å²) in [6.07, 6.45) is 1.32. The normalized spacial score (nSPS) is 35.1. The third-order valence-electron chi connectivity index (χ3n) is 3.45. The molecule has 0 radical (unpaired) electrons. The van der Waals surface area contributed by atoms with Crippen molar-refractivity contribution in [2.75, 3.05) is 26.2 Å². The highest BCUT2D eigenvalue weighted by molar-refractivity contribution is 5.00. The Kier molecular flexibility index (Phi) is 2.58. The maximum absolute atomic E-state index is 8.87. The lowest BCUT2D eigenvalue weighted by atomic mass is 10.2. The monoisotopic (exact) mass is 184 g/mol. The Balaban J connectivity index is 1.91. The first kappa shape index (κ1) is 9.44. The first-order valence-electron chi connectivity index (χ1n) is 5.33. The van der Waals surface area contributed by atoms with Crippen molar-refractivity contribution in [1.82, 2.24) is 9.80 Å². The summed E-state index contributed by atoms with van der Waals surface area (Å²) in [6, 6.07) is 2.17. The Morgan fingerprint density at radius 1 is 1.31 bits per heavy atom. The number of β-amino-alcohol motifs (C(OH)–C–C–N with tert-alkyl or cyclic N) is 1. The lowest BCUT2D eigenvalue weighted by Gasteiger charge is -2.36. The Bertz CT molecular complexity index is 184. The molecule has 0 aliphatic carbocycles. The van der Waals surface area contributed by atoms with Crippen LogP contribution in [-0.4, -0.2) is 59.3 Å². The molecule has 2 heterocycles. The van der Waals surface area contributed by atoms with Crippen LogP contribution in [0.25, 0.3) is 0 Å². The van der Waals surface area contributed by atoms with E-state index in [1.807, 2.05) is 0 Å². The number of likely N-dealkylation sites (tertiary alicyclic amines) is 2. The van der Waals surface area contributed by atoms with Gasteiger partial charge in [-0.2, -0.15) is 0 Å². The van der Waals surface area contributed by atoms with Crippen molar-refractivity contribution in [1.29, 1.82) is 0 Å². The molecule has 2 unspecified atom stereocenters. The second-order valence-electron chi connectivity index (χ2n) is 4.55. The van der Waals surface area contributed by atoms with Crippen LogP contribution in [0.1, 0.15) is 20.3 Å². The maximum atomic E-state index is 8.87. The second-order valence-corrected chi connectivity index (χ2v) is 4.55. The van der Waals surface area contributed by atoms with Crippen molar-refractivity contribution < 1.29 is 5.11 Å². The largest absolute Gasteiger partial charge is 0.395 e. The van der Waals surface area contributed by atoms with E-state index in [-0.39, 0.29) is 0 Å². The zero-order valence-electron chi connectivity index (χ0n) is 8.61. The minimum Gasteiger partial charge on any atom is -0.395 e. The number of rotatable bonds is 3. The smallest absolute Gasteiger partial charge is 0.0558 e. The summed E-state index contributed by atoms with van der Waals surface area (Å²) in [7, 11) is 0. The van der Waals surface area contributed by atoms with Gasteiger partial charge in [-0.05, 0) is 20.3 Å². The van der Waals surface area contributed by atoms with Gasteiger partial charge in [0.15, 0.2) is 0 Å². The van der Waals surface area contributed by atoms with Gasteiger partial charge in [-0.1, -0.05) is 0 Å². The molecule has 2 aliphatic rings. The molecular formula is C10H20N2O. The fraction of sp³-hybridized carbons (Fsp3) is 1.00. The van der Waals surface area contributed by atoms with Crippen molar-refractivity contribution >= 4 is 0 Å². The molecule has 0 aromatic rings. The molecule has 0 aromatic heterocycles. The quantitative estimate of drug-likeness (QED) is 0.676. The van der Waals surface area contributed by atoms with Gasteiger partial charge in [0.05, 0.1) is 6.61 Å². The summed E-state index contributed by atoms with van der Waals surface area (Å²) in [4.78, 5) is 5.03. The molecule has 2 aliphatic heterocycles. The summed E-state index contributed by atoms with van der Waals surface area (Å²) in [5.74, 6) is 0. The molecule has 2 bridgehead atoms. The number of hydrogen-bond donors (Lipinski definition) is 1. The summed E-state index contributed by atoms with van der Waals surface area (Å²) >= 11 is 0. The predicted octanol–water partition coefficient (Wildman–Crippen LogP) is 0.146. The first-order chi connectivity index (χ1) is 6.22. The topological polar surface area (TPSA) is 26.7 Å². The lowest BCUT2D eigenvalue weighted by Crippen LogP contribution is -2.49. The summed E-state index contributed by atoms with van der Waals surface area (Å²) in [5.41, 5.74) is 0. The third kappa shape index (κ3) is 1.60. The van der Waals surface area contributed by atoms with E-state index in [0.717, 1.165) is 18.6 Å². The van der Waals surface area contributed by atoms with Crippen molar-refractivity contribution in [3.8, 4) is 0 Å². The van der Waals surface area contributed by atoms with Crippen LogP contribution in [-0.2, 0) is 0 Å². The Morgan fingerprint density at radius 3 is 2.54 bits per heavy atom. The predicted molar refractivity (Wildman–Crippen MR) is 52.7 cm³/mol. The summed E-state index contributed by atoms with van der Waals surface area (Å²) in [5, 5.41) is 8.87. The maximum Gasteiger partial charge on any atom is 0.0558 e. The number of fused-ring (bicyclic) bond motifs is 2. The molecule has 2 saturated heterocycles.